The van der Waals surface area contributed by atoms with Gasteiger partial charge in [0.1, 0.15) is 24.2 Å². The van der Waals surface area contributed by atoms with E-state index in [1.165, 1.54) is 50.4 Å². The van der Waals surface area contributed by atoms with E-state index >= 15 is 0 Å². The predicted molar refractivity (Wildman–Crippen MR) is 130 cm³/mol. The third-order valence-corrected chi connectivity index (χ3v) is 6.44. The maximum Gasteiger partial charge on any atom is 0.244 e. The molecule has 0 heterocycles. The van der Waals surface area contributed by atoms with Crippen molar-refractivity contribution in [3.63, 3.8) is 0 Å². The lowest BCUT2D eigenvalue weighted by Crippen LogP contribution is -2.52. The van der Waals surface area contributed by atoms with Crippen molar-refractivity contribution in [3.05, 3.63) is 58.9 Å². The molecule has 0 radical (unpaired) electrons. The highest BCUT2D eigenvalue weighted by molar-refractivity contribution is 7.92. The molecule has 0 spiro atoms. The maximum absolute atomic E-state index is 14.3. The van der Waals surface area contributed by atoms with Gasteiger partial charge in [-0.2, -0.15) is 0 Å². The number of benzene rings is 2. The van der Waals surface area contributed by atoms with E-state index in [9.17, 15) is 22.4 Å². The molecule has 34 heavy (non-hydrogen) atoms. The van der Waals surface area contributed by atoms with Crippen LogP contribution in [0.15, 0.2) is 42.5 Å². The normalized spacial score (nSPS) is 12.2. The van der Waals surface area contributed by atoms with Gasteiger partial charge in [0.05, 0.1) is 24.1 Å². The highest BCUT2D eigenvalue weighted by Crippen LogP contribution is 2.30. The number of anilines is 1. The summed E-state index contributed by atoms with van der Waals surface area (Å²) in [5.41, 5.74) is 0.338. The van der Waals surface area contributed by atoms with Crippen LogP contribution >= 0.6 is 11.6 Å². The molecule has 2 rings (SSSR count). The van der Waals surface area contributed by atoms with Crippen LogP contribution in [0.4, 0.5) is 10.1 Å². The average Bonchev–Trinajstić information content (AvgIpc) is 2.75. The summed E-state index contributed by atoms with van der Waals surface area (Å²) in [5.74, 6) is -1.34. The fourth-order valence-electron chi connectivity index (χ4n) is 3.22. The van der Waals surface area contributed by atoms with Gasteiger partial charge < -0.3 is 15.0 Å². The molecule has 0 aliphatic carbocycles. The maximum atomic E-state index is 14.3. The average molecular weight is 514 g/mol. The van der Waals surface area contributed by atoms with E-state index in [0.29, 0.717) is 5.75 Å². The Hall–Kier alpha value is -2.85. The number of amides is 2. The Morgan fingerprint density at radius 1 is 1.15 bits per heavy atom. The molecule has 0 saturated carbocycles. The molecular weight excluding hydrogens is 485 g/mol. The van der Waals surface area contributed by atoms with Crippen LogP contribution in [-0.4, -0.2) is 57.1 Å². The molecule has 0 bridgehead atoms. The first-order valence-corrected chi connectivity index (χ1v) is 12.7. The first kappa shape index (κ1) is 27.4. The standard InChI is InChI=1S/C23H29ClFN3O5S/c1-15(2)26-23(30)16(3)27(13-17-8-6-7-9-20(17)25)22(29)14-28(34(5,31)32)18-10-11-21(33-4)19(24)12-18/h6-12,15-16H,13-14H2,1-5H3,(H,26,30). The molecule has 11 heteroatoms. The third-order valence-electron chi connectivity index (χ3n) is 5.00. The largest absolute Gasteiger partial charge is 0.495 e. The minimum absolute atomic E-state index is 0.145. The summed E-state index contributed by atoms with van der Waals surface area (Å²) in [6.45, 7) is 4.21. The number of halogens is 2. The van der Waals surface area contributed by atoms with Crippen LogP contribution in [0, 0.1) is 5.82 Å². The van der Waals surface area contributed by atoms with Gasteiger partial charge in [-0.1, -0.05) is 29.8 Å². The third kappa shape index (κ3) is 7.07. The number of nitrogens with one attached hydrogen (secondary N) is 1. The summed E-state index contributed by atoms with van der Waals surface area (Å²) < 4.78 is 45.4. The fraction of sp³-hybridized carbons (Fsp3) is 0.391. The van der Waals surface area contributed by atoms with Crippen molar-refractivity contribution >= 4 is 39.1 Å². The Kier molecular flexibility index (Phi) is 9.29. The Morgan fingerprint density at radius 3 is 2.32 bits per heavy atom. The SMILES string of the molecule is COc1ccc(N(CC(=O)N(Cc2ccccc2F)C(C)C(=O)NC(C)C)S(C)(=O)=O)cc1Cl. The first-order chi connectivity index (χ1) is 15.8. The van der Waals surface area contributed by atoms with Crippen molar-refractivity contribution in [3.8, 4) is 5.75 Å². The van der Waals surface area contributed by atoms with E-state index in [-0.39, 0.29) is 28.9 Å². The summed E-state index contributed by atoms with van der Waals surface area (Å²) in [6.07, 6.45) is 0.953. The Morgan fingerprint density at radius 2 is 1.79 bits per heavy atom. The van der Waals surface area contributed by atoms with E-state index in [1.54, 1.807) is 19.9 Å². The number of nitrogens with zero attached hydrogens (tertiary/aromatic N) is 2. The predicted octanol–water partition coefficient (Wildman–Crippen LogP) is 3.20. The molecule has 1 N–H and O–H groups in total. The van der Waals surface area contributed by atoms with E-state index in [4.69, 9.17) is 16.3 Å². The first-order valence-electron chi connectivity index (χ1n) is 10.5. The molecule has 1 atom stereocenters. The van der Waals surface area contributed by atoms with Crippen molar-refractivity contribution in [2.45, 2.75) is 39.4 Å². The molecule has 186 valence electrons. The second-order valence-corrected chi connectivity index (χ2v) is 10.4. The van der Waals surface area contributed by atoms with Gasteiger partial charge in [0.2, 0.25) is 21.8 Å². The molecule has 1 unspecified atom stereocenters. The summed E-state index contributed by atoms with van der Waals surface area (Å²) in [5, 5.41) is 2.88. The highest BCUT2D eigenvalue weighted by Gasteiger charge is 2.31. The number of sulfonamides is 1. The molecule has 2 aromatic rings. The van der Waals surface area contributed by atoms with Crippen molar-refractivity contribution in [2.75, 3.05) is 24.2 Å². The summed E-state index contributed by atoms with van der Waals surface area (Å²) in [4.78, 5) is 27.2. The molecule has 0 saturated heterocycles. The molecule has 8 nitrogen and oxygen atoms in total. The van der Waals surface area contributed by atoms with Crippen LogP contribution < -0.4 is 14.4 Å². The van der Waals surface area contributed by atoms with E-state index in [0.717, 1.165) is 15.5 Å². The number of ether oxygens (including phenoxy) is 1. The number of hydrogen-bond donors (Lipinski definition) is 1. The van der Waals surface area contributed by atoms with Gasteiger partial charge >= 0.3 is 0 Å². The summed E-state index contributed by atoms with van der Waals surface area (Å²) in [6, 6.07) is 9.00. The van der Waals surface area contributed by atoms with Crippen molar-refractivity contribution in [1.29, 1.82) is 0 Å². The van der Waals surface area contributed by atoms with E-state index in [2.05, 4.69) is 5.32 Å². The molecule has 0 aromatic heterocycles. The van der Waals surface area contributed by atoms with Crippen LogP contribution in [0.5, 0.6) is 5.75 Å². The zero-order valence-corrected chi connectivity index (χ0v) is 21.3. The Labute approximate surface area is 204 Å². The highest BCUT2D eigenvalue weighted by atomic mass is 35.5. The van der Waals surface area contributed by atoms with Crippen LogP contribution in [-0.2, 0) is 26.2 Å². The topological polar surface area (TPSA) is 96.0 Å². The number of methoxy groups -OCH3 is 1. The molecule has 0 fully saturated rings. The van der Waals surface area contributed by atoms with Gasteiger partial charge in [-0.25, -0.2) is 12.8 Å². The minimum atomic E-state index is -3.92. The van der Waals surface area contributed by atoms with Crippen molar-refractivity contribution in [1.82, 2.24) is 10.2 Å². The number of rotatable bonds is 10. The number of carbonyl (C=O) groups is 2. The molecule has 0 aliphatic heterocycles. The second kappa shape index (κ2) is 11.5. The molecule has 2 amide bonds. The van der Waals surface area contributed by atoms with Crippen LogP contribution in [0.3, 0.4) is 0 Å². The Bertz CT molecular complexity index is 1140. The van der Waals surface area contributed by atoms with Crippen LogP contribution in [0.1, 0.15) is 26.3 Å². The van der Waals surface area contributed by atoms with Crippen molar-refractivity contribution in [2.24, 2.45) is 0 Å². The van der Waals surface area contributed by atoms with Gasteiger partial charge in [0, 0.05) is 18.2 Å². The Balaban J connectivity index is 2.43. The monoisotopic (exact) mass is 513 g/mol. The number of hydrogen-bond acceptors (Lipinski definition) is 5. The second-order valence-electron chi connectivity index (χ2n) is 8.04. The lowest BCUT2D eigenvalue weighted by atomic mass is 10.1. The van der Waals surface area contributed by atoms with Gasteiger partial charge in [0.25, 0.3) is 0 Å². The molecular formula is C23H29ClFN3O5S. The minimum Gasteiger partial charge on any atom is -0.495 e. The molecule has 0 aliphatic rings. The fourth-order valence-corrected chi connectivity index (χ4v) is 4.32. The lowest BCUT2D eigenvalue weighted by Gasteiger charge is -2.32. The van der Waals surface area contributed by atoms with Crippen LogP contribution in [0.2, 0.25) is 5.02 Å². The zero-order valence-electron chi connectivity index (χ0n) is 19.7. The van der Waals surface area contributed by atoms with Crippen LogP contribution in [0.25, 0.3) is 0 Å². The van der Waals surface area contributed by atoms with E-state index in [1.807, 2.05) is 0 Å². The van der Waals surface area contributed by atoms with Gasteiger partial charge in [-0.05, 0) is 45.0 Å². The van der Waals surface area contributed by atoms with Crippen molar-refractivity contribution < 1.29 is 27.1 Å². The zero-order chi connectivity index (χ0) is 25.6. The summed E-state index contributed by atoms with van der Waals surface area (Å²) >= 11 is 6.15. The van der Waals surface area contributed by atoms with Gasteiger partial charge in [-0.15, -0.1) is 0 Å². The molecule has 2 aromatic carbocycles. The summed E-state index contributed by atoms with van der Waals surface area (Å²) in [7, 11) is -2.50. The lowest BCUT2D eigenvalue weighted by molar-refractivity contribution is -0.139. The van der Waals surface area contributed by atoms with Gasteiger partial charge in [-0.3, -0.25) is 13.9 Å². The smallest absolute Gasteiger partial charge is 0.244 e. The quantitative estimate of drug-likeness (QED) is 0.526. The van der Waals surface area contributed by atoms with Gasteiger partial charge in [0.15, 0.2) is 0 Å². The van der Waals surface area contributed by atoms with E-state index < -0.39 is 40.2 Å². The number of carbonyl (C=O) groups excluding carboxylic acids is 2.